The molecule has 0 radical (unpaired) electrons. The zero-order valence-electron chi connectivity index (χ0n) is 14.9. The summed E-state index contributed by atoms with van der Waals surface area (Å²) in [6.45, 7) is 7.26. The molecule has 26 heavy (non-hydrogen) atoms. The molecule has 3 heterocycles. The topological polar surface area (TPSA) is 23.6 Å². The molecule has 1 fully saturated rings. The second kappa shape index (κ2) is 7.08. The van der Waals surface area contributed by atoms with Crippen molar-refractivity contribution in [3.63, 3.8) is 0 Å². The largest absolute Gasteiger partial charge is 0.368 e. The number of aryl methyl sites for hydroxylation is 1. The third-order valence-corrected chi connectivity index (χ3v) is 7.38. The Bertz CT molecular complexity index is 865. The van der Waals surface area contributed by atoms with E-state index in [0.29, 0.717) is 13.1 Å². The van der Waals surface area contributed by atoms with Gasteiger partial charge in [0.1, 0.15) is 5.82 Å². The van der Waals surface area contributed by atoms with Crippen LogP contribution in [-0.2, 0) is 10.5 Å². The number of rotatable bonds is 2. The molecular formula is C20H21FN2OS2. The Morgan fingerprint density at radius 3 is 2.46 bits per heavy atom. The van der Waals surface area contributed by atoms with Crippen LogP contribution in [0, 0.1) is 19.7 Å². The lowest BCUT2D eigenvalue weighted by Crippen LogP contribution is -2.49. The summed E-state index contributed by atoms with van der Waals surface area (Å²) in [6, 6.07) is 6.57. The van der Waals surface area contributed by atoms with Crippen molar-refractivity contribution in [2.45, 2.75) is 19.6 Å². The van der Waals surface area contributed by atoms with E-state index in [-0.39, 0.29) is 11.7 Å². The number of anilines is 1. The molecule has 1 saturated heterocycles. The average Bonchev–Trinajstić information content (AvgIpc) is 2.95. The van der Waals surface area contributed by atoms with Gasteiger partial charge in [-0.15, -0.1) is 23.1 Å². The molecule has 1 aromatic carbocycles. The number of carbonyl (C=O) groups is 1. The second-order valence-corrected chi connectivity index (χ2v) is 8.95. The van der Waals surface area contributed by atoms with Crippen LogP contribution in [0.25, 0.3) is 6.08 Å². The third kappa shape index (κ3) is 3.28. The number of amides is 1. The van der Waals surface area contributed by atoms with Crippen molar-refractivity contribution >= 4 is 40.8 Å². The third-order valence-electron chi connectivity index (χ3n) is 5.14. The molecule has 0 saturated carbocycles. The van der Waals surface area contributed by atoms with Crippen LogP contribution in [-0.4, -0.2) is 37.0 Å². The molecule has 1 amide bonds. The maximum atomic E-state index is 13.1. The Kier molecular flexibility index (Phi) is 4.80. The van der Waals surface area contributed by atoms with Crippen molar-refractivity contribution in [3.05, 3.63) is 55.9 Å². The van der Waals surface area contributed by atoms with E-state index in [1.54, 1.807) is 35.2 Å². The van der Waals surface area contributed by atoms with Crippen LogP contribution < -0.4 is 4.90 Å². The summed E-state index contributed by atoms with van der Waals surface area (Å²) in [6.07, 6.45) is 2.07. The molecule has 0 atom stereocenters. The van der Waals surface area contributed by atoms with Crippen LogP contribution >= 0.6 is 23.1 Å². The van der Waals surface area contributed by atoms with Crippen molar-refractivity contribution in [3.8, 4) is 0 Å². The van der Waals surface area contributed by atoms with Gasteiger partial charge in [0.25, 0.3) is 5.91 Å². The monoisotopic (exact) mass is 388 g/mol. The first-order chi connectivity index (χ1) is 12.5. The number of fused-ring (bicyclic) bond motifs is 1. The molecule has 136 valence electrons. The van der Waals surface area contributed by atoms with E-state index in [1.165, 1.54) is 33.0 Å². The van der Waals surface area contributed by atoms with Crippen molar-refractivity contribution < 1.29 is 9.18 Å². The zero-order valence-corrected chi connectivity index (χ0v) is 16.6. The number of hydrogen-bond acceptors (Lipinski definition) is 4. The van der Waals surface area contributed by atoms with Crippen LogP contribution in [0.4, 0.5) is 10.1 Å². The van der Waals surface area contributed by atoms with Gasteiger partial charge in [-0.2, -0.15) is 0 Å². The van der Waals surface area contributed by atoms with Crippen LogP contribution in [0.1, 0.15) is 20.9 Å². The summed E-state index contributed by atoms with van der Waals surface area (Å²) in [4.78, 5) is 20.5. The summed E-state index contributed by atoms with van der Waals surface area (Å²) >= 11 is 3.44. The lowest BCUT2D eigenvalue weighted by Gasteiger charge is -2.36. The first kappa shape index (κ1) is 17.6. The minimum atomic E-state index is -0.220. The summed E-state index contributed by atoms with van der Waals surface area (Å²) < 4.78 is 13.1. The molecule has 0 spiro atoms. The minimum absolute atomic E-state index is 0.142. The number of halogens is 1. The van der Waals surface area contributed by atoms with Crippen LogP contribution in [0.2, 0.25) is 0 Å². The van der Waals surface area contributed by atoms with Gasteiger partial charge >= 0.3 is 0 Å². The smallest absolute Gasteiger partial charge is 0.260 e. The molecule has 0 aliphatic carbocycles. The predicted molar refractivity (Wildman–Crippen MR) is 108 cm³/mol. The zero-order chi connectivity index (χ0) is 18.3. The van der Waals surface area contributed by atoms with Gasteiger partial charge < -0.3 is 9.80 Å². The molecule has 2 aromatic rings. The van der Waals surface area contributed by atoms with Gasteiger partial charge in [-0.1, -0.05) is 0 Å². The number of thiophene rings is 1. The van der Waals surface area contributed by atoms with Gasteiger partial charge in [-0.3, -0.25) is 4.79 Å². The molecular weight excluding hydrogens is 367 g/mol. The summed E-state index contributed by atoms with van der Waals surface area (Å²) in [5.74, 6) is 0.809. The normalized spacial score (nSPS) is 17.1. The minimum Gasteiger partial charge on any atom is -0.368 e. The van der Waals surface area contributed by atoms with Gasteiger partial charge in [0.15, 0.2) is 0 Å². The van der Waals surface area contributed by atoms with Crippen molar-refractivity contribution in [1.29, 1.82) is 0 Å². The molecule has 2 aliphatic rings. The Morgan fingerprint density at radius 2 is 1.77 bits per heavy atom. The SMILES string of the molecule is Cc1sc2c(c1C)CSC(C(=O)N1CCN(c3ccc(F)cc3)CC1)=C2. The lowest BCUT2D eigenvalue weighted by atomic mass is 10.1. The molecule has 2 aliphatic heterocycles. The number of hydrogen-bond donors (Lipinski definition) is 0. The maximum absolute atomic E-state index is 13.1. The highest BCUT2D eigenvalue weighted by molar-refractivity contribution is 8.03. The van der Waals surface area contributed by atoms with Crippen molar-refractivity contribution in [2.75, 3.05) is 31.1 Å². The van der Waals surface area contributed by atoms with Crippen molar-refractivity contribution in [1.82, 2.24) is 4.90 Å². The molecule has 0 unspecified atom stereocenters. The van der Waals surface area contributed by atoms with E-state index in [0.717, 1.165) is 29.4 Å². The van der Waals surface area contributed by atoms with E-state index >= 15 is 0 Å². The fourth-order valence-electron chi connectivity index (χ4n) is 3.41. The van der Waals surface area contributed by atoms with Gasteiger partial charge in [-0.25, -0.2) is 4.39 Å². The van der Waals surface area contributed by atoms with Gasteiger partial charge in [-0.05, 0) is 55.3 Å². The molecule has 4 rings (SSSR count). The Balaban J connectivity index is 1.43. The summed E-state index contributed by atoms with van der Waals surface area (Å²) in [5, 5.41) is 0. The van der Waals surface area contributed by atoms with Crippen LogP contribution in [0.15, 0.2) is 29.2 Å². The summed E-state index contributed by atoms with van der Waals surface area (Å²) in [7, 11) is 0. The number of thioether (sulfide) groups is 1. The molecule has 0 bridgehead atoms. The summed E-state index contributed by atoms with van der Waals surface area (Å²) in [5.41, 5.74) is 3.77. The van der Waals surface area contributed by atoms with Gasteiger partial charge in [0.05, 0.1) is 4.91 Å². The molecule has 1 aromatic heterocycles. The van der Waals surface area contributed by atoms with E-state index in [1.807, 2.05) is 4.90 Å². The highest BCUT2D eigenvalue weighted by Crippen LogP contribution is 2.40. The Hall–Kier alpha value is -1.79. The van der Waals surface area contributed by atoms with Crippen molar-refractivity contribution in [2.24, 2.45) is 0 Å². The predicted octanol–water partition coefficient (Wildman–Crippen LogP) is 4.44. The highest BCUT2D eigenvalue weighted by Gasteiger charge is 2.27. The average molecular weight is 389 g/mol. The highest BCUT2D eigenvalue weighted by atomic mass is 32.2. The first-order valence-corrected chi connectivity index (χ1v) is 10.6. The van der Waals surface area contributed by atoms with Gasteiger partial charge in [0.2, 0.25) is 0 Å². The standard InChI is InChI=1S/C20H21FN2OS2/c1-13-14(2)26-18-11-19(25-12-17(13)18)20(24)23-9-7-22(8-10-23)16-5-3-15(21)4-6-16/h3-6,11H,7-10,12H2,1-2H3. The van der Waals surface area contributed by atoms with Crippen LogP contribution in [0.5, 0.6) is 0 Å². The number of piperazine rings is 1. The number of nitrogens with zero attached hydrogens (tertiary/aromatic N) is 2. The van der Waals surface area contributed by atoms with Gasteiger partial charge in [0, 0.05) is 47.4 Å². The lowest BCUT2D eigenvalue weighted by molar-refractivity contribution is -0.126. The van der Waals surface area contributed by atoms with E-state index < -0.39 is 0 Å². The van der Waals surface area contributed by atoms with E-state index in [4.69, 9.17) is 0 Å². The maximum Gasteiger partial charge on any atom is 0.260 e. The number of benzene rings is 1. The van der Waals surface area contributed by atoms with E-state index in [9.17, 15) is 9.18 Å². The van der Waals surface area contributed by atoms with Crippen LogP contribution in [0.3, 0.4) is 0 Å². The molecule has 6 heteroatoms. The molecule has 3 nitrogen and oxygen atoms in total. The fraction of sp³-hybridized carbons (Fsp3) is 0.350. The second-order valence-electron chi connectivity index (χ2n) is 6.68. The Morgan fingerprint density at radius 1 is 1.08 bits per heavy atom. The first-order valence-electron chi connectivity index (χ1n) is 8.76. The quantitative estimate of drug-likeness (QED) is 0.760. The van der Waals surface area contributed by atoms with E-state index in [2.05, 4.69) is 24.8 Å². The number of carbonyl (C=O) groups excluding carboxylic acids is 1. The Labute approximate surface area is 161 Å². The fourth-order valence-corrected chi connectivity index (χ4v) is 5.83. The molecule has 0 N–H and O–H groups in total.